The van der Waals surface area contributed by atoms with Gasteiger partial charge in [-0.2, -0.15) is 5.10 Å². The molecule has 1 unspecified atom stereocenters. The molecule has 1 aliphatic heterocycles. The van der Waals surface area contributed by atoms with Crippen LogP contribution in [0.1, 0.15) is 37.4 Å². The van der Waals surface area contributed by atoms with E-state index in [0.29, 0.717) is 18.5 Å². The highest BCUT2D eigenvalue weighted by molar-refractivity contribution is 5.82. The fourth-order valence-corrected chi connectivity index (χ4v) is 4.53. The van der Waals surface area contributed by atoms with Crippen LogP contribution in [-0.2, 0) is 6.54 Å². The first-order chi connectivity index (χ1) is 15.2. The molecule has 4 aromatic rings. The molecule has 0 aliphatic carbocycles. The lowest BCUT2D eigenvalue weighted by Gasteiger charge is -2.20. The van der Waals surface area contributed by atoms with Gasteiger partial charge in [0.25, 0.3) is 0 Å². The number of aromatic amines is 1. The molecule has 0 bridgehead atoms. The highest BCUT2D eigenvalue weighted by atomic mass is 15.2. The summed E-state index contributed by atoms with van der Waals surface area (Å²) in [6, 6.07) is 15.1. The van der Waals surface area contributed by atoms with Crippen molar-refractivity contribution in [3.63, 3.8) is 0 Å². The number of benzene rings is 1. The number of anilines is 1. The molecule has 1 atom stereocenters. The molecular weight excluding hydrogens is 384 g/mol. The minimum absolute atomic E-state index is 0.493. The topological polar surface area (TPSA) is 69.7 Å². The second kappa shape index (κ2) is 8.47. The lowest BCUT2D eigenvalue weighted by molar-refractivity contribution is 0.272. The molecule has 1 aliphatic rings. The van der Waals surface area contributed by atoms with Gasteiger partial charge < -0.3 is 10.2 Å². The van der Waals surface area contributed by atoms with Crippen LogP contribution in [-0.4, -0.2) is 44.2 Å². The van der Waals surface area contributed by atoms with Crippen LogP contribution in [0.5, 0.6) is 0 Å². The van der Waals surface area contributed by atoms with Crippen molar-refractivity contribution in [2.45, 2.75) is 38.8 Å². The van der Waals surface area contributed by atoms with Crippen LogP contribution in [0.4, 0.5) is 5.82 Å². The van der Waals surface area contributed by atoms with Crippen LogP contribution in [0.15, 0.2) is 61.1 Å². The van der Waals surface area contributed by atoms with Crippen molar-refractivity contribution >= 4 is 16.7 Å². The number of rotatable bonds is 6. The van der Waals surface area contributed by atoms with Crippen molar-refractivity contribution in [3.8, 4) is 11.1 Å². The highest BCUT2D eigenvalue weighted by Gasteiger charge is 2.28. The molecule has 158 valence electrons. The summed E-state index contributed by atoms with van der Waals surface area (Å²) in [7, 11) is 0. The second-order valence-corrected chi connectivity index (χ2v) is 8.54. The molecule has 3 aromatic heterocycles. The maximum Gasteiger partial charge on any atom is 0.126 e. The van der Waals surface area contributed by atoms with E-state index < -0.39 is 0 Å². The van der Waals surface area contributed by atoms with Crippen molar-refractivity contribution in [3.05, 3.63) is 72.3 Å². The van der Waals surface area contributed by atoms with Gasteiger partial charge in [0.05, 0.1) is 11.7 Å². The van der Waals surface area contributed by atoms with E-state index in [1.165, 1.54) is 28.6 Å². The van der Waals surface area contributed by atoms with Gasteiger partial charge in [-0.1, -0.05) is 18.2 Å². The molecule has 1 saturated heterocycles. The Morgan fingerprint density at radius 1 is 1.13 bits per heavy atom. The van der Waals surface area contributed by atoms with E-state index in [9.17, 15) is 0 Å². The Balaban J connectivity index is 1.35. The van der Waals surface area contributed by atoms with Gasteiger partial charge in [-0.3, -0.25) is 10.1 Å². The summed E-state index contributed by atoms with van der Waals surface area (Å²) in [6.07, 6.45) is 6.81. The number of nitrogens with zero attached hydrogens (tertiary/aromatic N) is 4. The lowest BCUT2D eigenvalue weighted by atomic mass is 9.97. The molecule has 31 heavy (non-hydrogen) atoms. The third-order valence-corrected chi connectivity index (χ3v) is 6.29. The number of aromatic nitrogens is 4. The maximum atomic E-state index is 4.54. The fraction of sp³-hybridized carbons (Fsp3) is 0.320. The zero-order valence-corrected chi connectivity index (χ0v) is 18.0. The summed E-state index contributed by atoms with van der Waals surface area (Å²) in [5.41, 5.74) is 5.78. The van der Waals surface area contributed by atoms with Crippen molar-refractivity contribution in [2.75, 3.05) is 18.4 Å². The number of pyridine rings is 2. The van der Waals surface area contributed by atoms with Crippen molar-refractivity contribution in [1.29, 1.82) is 0 Å². The van der Waals surface area contributed by atoms with Gasteiger partial charge in [0.1, 0.15) is 5.82 Å². The monoisotopic (exact) mass is 412 g/mol. The summed E-state index contributed by atoms with van der Waals surface area (Å²) in [6.45, 7) is 7.46. The highest BCUT2D eigenvalue weighted by Crippen LogP contribution is 2.34. The third-order valence-electron chi connectivity index (χ3n) is 6.29. The lowest BCUT2D eigenvalue weighted by Crippen LogP contribution is -2.28. The number of hydrogen-bond donors (Lipinski definition) is 2. The molecule has 1 fully saturated rings. The van der Waals surface area contributed by atoms with E-state index in [0.717, 1.165) is 30.0 Å². The van der Waals surface area contributed by atoms with Crippen LogP contribution in [0.3, 0.4) is 0 Å². The molecule has 4 heterocycles. The molecule has 6 heteroatoms. The zero-order valence-electron chi connectivity index (χ0n) is 18.0. The van der Waals surface area contributed by atoms with Crippen LogP contribution in [0.2, 0.25) is 0 Å². The maximum absolute atomic E-state index is 4.54. The van der Waals surface area contributed by atoms with E-state index in [4.69, 9.17) is 0 Å². The molecular formula is C25H28N6. The van der Waals surface area contributed by atoms with Gasteiger partial charge in [0.15, 0.2) is 0 Å². The summed E-state index contributed by atoms with van der Waals surface area (Å²) >= 11 is 0. The standard InChI is InChI=1S/C25H28N6/c1-17(2)31-12-9-20(16-31)25-22(15-29-30-25)18-8-11-27-24(13-18)28-14-19-5-3-7-23-21(19)6-4-10-26-23/h3-8,10-11,13,15,17,20H,9,12,14,16H2,1-2H3,(H,27,28)(H,29,30). The number of H-pyrrole nitrogens is 1. The molecule has 1 aromatic carbocycles. The second-order valence-electron chi connectivity index (χ2n) is 8.54. The number of nitrogens with one attached hydrogen (secondary N) is 2. The van der Waals surface area contributed by atoms with Gasteiger partial charge in [0, 0.05) is 54.1 Å². The number of likely N-dealkylation sites (tertiary alicyclic amines) is 1. The molecule has 6 nitrogen and oxygen atoms in total. The normalized spacial score (nSPS) is 16.9. The van der Waals surface area contributed by atoms with Gasteiger partial charge in [-0.15, -0.1) is 0 Å². The summed E-state index contributed by atoms with van der Waals surface area (Å²) in [5, 5.41) is 12.3. The van der Waals surface area contributed by atoms with Crippen molar-refractivity contribution in [2.24, 2.45) is 0 Å². The first-order valence-electron chi connectivity index (χ1n) is 11.0. The van der Waals surface area contributed by atoms with E-state index in [2.05, 4.69) is 74.6 Å². The predicted octanol–water partition coefficient (Wildman–Crippen LogP) is 4.83. The largest absolute Gasteiger partial charge is 0.366 e. The average molecular weight is 413 g/mol. The number of fused-ring (bicyclic) bond motifs is 1. The molecule has 0 saturated carbocycles. The third kappa shape index (κ3) is 4.03. The Kier molecular flexibility index (Phi) is 5.38. The Hall–Kier alpha value is -3.25. The summed E-state index contributed by atoms with van der Waals surface area (Å²) in [4.78, 5) is 11.5. The summed E-state index contributed by atoms with van der Waals surface area (Å²) in [5.74, 6) is 1.36. The number of hydrogen-bond acceptors (Lipinski definition) is 5. The average Bonchev–Trinajstić information content (AvgIpc) is 3.47. The molecule has 0 amide bonds. The van der Waals surface area contributed by atoms with Crippen LogP contribution < -0.4 is 5.32 Å². The Morgan fingerprint density at radius 2 is 2.06 bits per heavy atom. The van der Waals surface area contributed by atoms with Gasteiger partial charge in [0.2, 0.25) is 0 Å². The molecule has 0 spiro atoms. The minimum atomic E-state index is 0.493. The molecule has 5 rings (SSSR count). The first-order valence-corrected chi connectivity index (χ1v) is 11.0. The minimum Gasteiger partial charge on any atom is -0.366 e. The van der Waals surface area contributed by atoms with Gasteiger partial charge in [-0.25, -0.2) is 4.98 Å². The first kappa shape index (κ1) is 19.7. The van der Waals surface area contributed by atoms with Crippen molar-refractivity contribution in [1.82, 2.24) is 25.1 Å². The van der Waals surface area contributed by atoms with E-state index in [1.807, 2.05) is 30.7 Å². The van der Waals surface area contributed by atoms with Gasteiger partial charge >= 0.3 is 0 Å². The van der Waals surface area contributed by atoms with Crippen LogP contribution >= 0.6 is 0 Å². The smallest absolute Gasteiger partial charge is 0.126 e. The van der Waals surface area contributed by atoms with Crippen LogP contribution in [0, 0.1) is 0 Å². The summed E-state index contributed by atoms with van der Waals surface area (Å²) < 4.78 is 0. The fourth-order valence-electron chi connectivity index (χ4n) is 4.53. The van der Waals surface area contributed by atoms with E-state index >= 15 is 0 Å². The molecule has 2 N–H and O–H groups in total. The Morgan fingerprint density at radius 3 is 2.94 bits per heavy atom. The quantitative estimate of drug-likeness (QED) is 0.475. The Labute approximate surface area is 182 Å². The predicted molar refractivity (Wildman–Crippen MR) is 125 cm³/mol. The Bertz CT molecular complexity index is 1180. The van der Waals surface area contributed by atoms with E-state index in [-0.39, 0.29) is 0 Å². The van der Waals surface area contributed by atoms with Gasteiger partial charge in [-0.05, 0) is 62.2 Å². The molecule has 0 radical (unpaired) electrons. The van der Waals surface area contributed by atoms with Crippen LogP contribution in [0.25, 0.3) is 22.0 Å². The SMILES string of the molecule is CC(C)N1CCC(c2[nH]ncc2-c2ccnc(NCc3cccc4ncccc34)c2)C1. The zero-order chi connectivity index (χ0) is 21.2. The van der Waals surface area contributed by atoms with E-state index in [1.54, 1.807) is 0 Å². The van der Waals surface area contributed by atoms with Crippen molar-refractivity contribution < 1.29 is 0 Å².